The molecule has 6 nitrogen and oxygen atoms in total. The first kappa shape index (κ1) is 22.4. The number of ether oxygens (including phenoxy) is 2. The quantitative estimate of drug-likeness (QED) is 0.347. The van der Waals surface area contributed by atoms with E-state index < -0.39 is 0 Å². The highest BCUT2D eigenvalue weighted by Gasteiger charge is 2.25. The van der Waals surface area contributed by atoms with E-state index in [1.807, 2.05) is 17.9 Å². The highest BCUT2D eigenvalue weighted by Crippen LogP contribution is 2.29. The molecule has 3 rings (SSSR count). The minimum atomic E-state index is -0.242. The van der Waals surface area contributed by atoms with Crippen LogP contribution in [0.5, 0.6) is 5.75 Å². The first-order chi connectivity index (χ1) is 13.9. The Bertz CT molecular complexity index is 679. The Balaban J connectivity index is 1.43. The molecule has 29 heavy (non-hydrogen) atoms. The Morgan fingerprint density at radius 2 is 1.97 bits per heavy atom. The summed E-state index contributed by atoms with van der Waals surface area (Å²) in [5, 5.41) is 7.56. The Kier molecular flexibility index (Phi) is 8.21. The molecule has 2 heterocycles. The van der Waals surface area contributed by atoms with Crippen LogP contribution in [0.4, 0.5) is 0 Å². The molecule has 0 spiro atoms. The number of halogens is 1. The van der Waals surface area contributed by atoms with Crippen molar-refractivity contribution >= 4 is 21.9 Å². The topological polar surface area (TPSA) is 74.8 Å². The third kappa shape index (κ3) is 6.59. The fourth-order valence-electron chi connectivity index (χ4n) is 4.44. The van der Waals surface area contributed by atoms with Gasteiger partial charge in [0.2, 0.25) is 0 Å². The number of benzene rings is 1. The number of rotatable bonds is 8. The molecule has 162 valence electrons. The van der Waals surface area contributed by atoms with Gasteiger partial charge in [0.25, 0.3) is 0 Å². The fourth-order valence-corrected chi connectivity index (χ4v) is 4.85. The van der Waals surface area contributed by atoms with Crippen LogP contribution in [-0.2, 0) is 11.2 Å². The molecule has 2 aliphatic rings. The number of hydrogen-bond donors (Lipinski definition) is 2. The summed E-state index contributed by atoms with van der Waals surface area (Å²) in [4.78, 5) is 4.62. The molecular weight excluding hydrogens is 432 g/mol. The average Bonchev–Trinajstić information content (AvgIpc) is 3.16. The normalized spacial score (nSPS) is 22.0. The first-order valence-corrected chi connectivity index (χ1v) is 11.5. The maximum absolute atomic E-state index is 7.56. The molecule has 0 amide bonds. The number of likely N-dealkylation sites (tertiary alicyclic amines) is 2. The third-order valence-electron chi connectivity index (χ3n) is 6.34. The van der Waals surface area contributed by atoms with Crippen LogP contribution in [0.25, 0.3) is 0 Å². The molecule has 1 aromatic rings. The Morgan fingerprint density at radius 3 is 2.66 bits per heavy atom. The molecule has 2 saturated heterocycles. The van der Waals surface area contributed by atoms with Gasteiger partial charge < -0.3 is 25.0 Å². The van der Waals surface area contributed by atoms with Crippen LogP contribution in [0.2, 0.25) is 0 Å². The van der Waals surface area contributed by atoms with Gasteiger partial charge in [0.15, 0.2) is 12.2 Å². The van der Waals surface area contributed by atoms with Gasteiger partial charge in [0.05, 0.1) is 0 Å². The molecule has 0 bridgehead atoms. The first-order valence-electron chi connectivity index (χ1n) is 10.7. The van der Waals surface area contributed by atoms with Crippen molar-refractivity contribution < 1.29 is 9.47 Å². The van der Waals surface area contributed by atoms with Crippen LogP contribution in [0.15, 0.2) is 22.7 Å². The predicted molar refractivity (Wildman–Crippen MR) is 120 cm³/mol. The van der Waals surface area contributed by atoms with Gasteiger partial charge in [-0.25, -0.2) is 0 Å². The monoisotopic (exact) mass is 466 g/mol. The standard InChI is InChI=1S/C22H35BrN4O2/c1-16(28-2)29-20-3-4-21(23)19(14-20)13-18-6-10-26(15-18)9-5-17-7-11-27(12-8-17)22(24)25/h3-4,14,16-18H,5-13,15H2,1-2H3,(H3,24,25). The summed E-state index contributed by atoms with van der Waals surface area (Å²) in [5.41, 5.74) is 6.91. The molecular formula is C22H35BrN4O2. The molecule has 0 radical (unpaired) electrons. The number of hydrogen-bond acceptors (Lipinski definition) is 4. The SMILES string of the molecule is COC(C)Oc1ccc(Br)c(CC2CCN(CCC3CCN(C(=N)N)CC3)C2)c1. The van der Waals surface area contributed by atoms with E-state index in [1.54, 1.807) is 7.11 Å². The molecule has 0 saturated carbocycles. The highest BCUT2D eigenvalue weighted by atomic mass is 79.9. The number of nitrogens with one attached hydrogen (secondary N) is 1. The molecule has 2 unspecified atom stereocenters. The Hall–Kier alpha value is -1.31. The van der Waals surface area contributed by atoms with Crippen molar-refractivity contribution in [3.63, 3.8) is 0 Å². The van der Waals surface area contributed by atoms with Crippen LogP contribution in [0.1, 0.15) is 38.2 Å². The summed E-state index contributed by atoms with van der Waals surface area (Å²) in [6, 6.07) is 6.21. The van der Waals surface area contributed by atoms with E-state index in [0.29, 0.717) is 5.92 Å². The second-order valence-corrected chi connectivity index (χ2v) is 9.29. The number of piperidine rings is 1. The van der Waals surface area contributed by atoms with E-state index in [0.717, 1.165) is 48.5 Å². The van der Waals surface area contributed by atoms with Gasteiger partial charge in [-0.05, 0) is 87.7 Å². The van der Waals surface area contributed by atoms with Crippen molar-refractivity contribution in [3.05, 3.63) is 28.2 Å². The zero-order valence-electron chi connectivity index (χ0n) is 17.7. The molecule has 1 aromatic carbocycles. The van der Waals surface area contributed by atoms with Crippen molar-refractivity contribution in [2.75, 3.05) is 39.8 Å². The Labute approximate surface area is 183 Å². The summed E-state index contributed by atoms with van der Waals surface area (Å²) in [7, 11) is 1.66. The van der Waals surface area contributed by atoms with Gasteiger partial charge in [-0.15, -0.1) is 0 Å². The lowest BCUT2D eigenvalue weighted by Crippen LogP contribution is -2.42. The molecule has 2 fully saturated rings. The average molecular weight is 467 g/mol. The van der Waals surface area contributed by atoms with Crippen LogP contribution in [0, 0.1) is 17.2 Å². The van der Waals surface area contributed by atoms with E-state index in [-0.39, 0.29) is 12.2 Å². The van der Waals surface area contributed by atoms with Gasteiger partial charge in [-0.3, -0.25) is 5.41 Å². The lowest BCUT2D eigenvalue weighted by atomic mass is 9.93. The summed E-state index contributed by atoms with van der Waals surface area (Å²) in [5.74, 6) is 2.56. The van der Waals surface area contributed by atoms with E-state index >= 15 is 0 Å². The van der Waals surface area contributed by atoms with Gasteiger partial charge >= 0.3 is 0 Å². The molecule has 0 aliphatic carbocycles. The summed E-state index contributed by atoms with van der Waals surface area (Å²) >= 11 is 3.71. The second-order valence-electron chi connectivity index (χ2n) is 8.44. The van der Waals surface area contributed by atoms with Crippen LogP contribution >= 0.6 is 15.9 Å². The number of nitrogens with zero attached hydrogens (tertiary/aromatic N) is 2. The lowest BCUT2D eigenvalue weighted by Gasteiger charge is -2.32. The summed E-state index contributed by atoms with van der Waals surface area (Å²) in [6.07, 6.45) is 5.68. The highest BCUT2D eigenvalue weighted by molar-refractivity contribution is 9.10. The minimum Gasteiger partial charge on any atom is -0.465 e. The van der Waals surface area contributed by atoms with Gasteiger partial charge in [-0.1, -0.05) is 15.9 Å². The fraction of sp³-hybridized carbons (Fsp3) is 0.682. The van der Waals surface area contributed by atoms with Crippen molar-refractivity contribution in [2.45, 2.75) is 45.3 Å². The largest absolute Gasteiger partial charge is 0.465 e. The van der Waals surface area contributed by atoms with Crippen molar-refractivity contribution in [1.29, 1.82) is 5.41 Å². The lowest BCUT2D eigenvalue weighted by molar-refractivity contribution is -0.0383. The predicted octanol–water partition coefficient (Wildman–Crippen LogP) is 3.68. The van der Waals surface area contributed by atoms with Crippen molar-refractivity contribution in [1.82, 2.24) is 9.80 Å². The smallest absolute Gasteiger partial charge is 0.196 e. The number of nitrogens with two attached hydrogens (primary N) is 1. The molecule has 0 aromatic heterocycles. The maximum atomic E-state index is 7.56. The number of guanidine groups is 1. The molecule has 2 atom stereocenters. The number of methoxy groups -OCH3 is 1. The Morgan fingerprint density at radius 1 is 1.24 bits per heavy atom. The molecule has 2 aliphatic heterocycles. The van der Waals surface area contributed by atoms with Crippen LogP contribution in [0.3, 0.4) is 0 Å². The van der Waals surface area contributed by atoms with Gasteiger partial charge in [0, 0.05) is 31.2 Å². The van der Waals surface area contributed by atoms with Crippen molar-refractivity contribution in [3.8, 4) is 5.75 Å². The zero-order chi connectivity index (χ0) is 20.8. The molecule has 7 heteroatoms. The van der Waals surface area contributed by atoms with Crippen LogP contribution < -0.4 is 10.5 Å². The van der Waals surface area contributed by atoms with Crippen molar-refractivity contribution in [2.24, 2.45) is 17.6 Å². The van der Waals surface area contributed by atoms with E-state index in [9.17, 15) is 0 Å². The van der Waals surface area contributed by atoms with E-state index in [2.05, 4.69) is 33.0 Å². The third-order valence-corrected chi connectivity index (χ3v) is 7.11. The van der Waals surface area contributed by atoms with Gasteiger partial charge in [0.1, 0.15) is 5.75 Å². The van der Waals surface area contributed by atoms with Crippen LogP contribution in [-0.4, -0.2) is 61.9 Å². The second kappa shape index (κ2) is 10.6. The summed E-state index contributed by atoms with van der Waals surface area (Å²) in [6.45, 7) is 7.36. The van der Waals surface area contributed by atoms with E-state index in [4.69, 9.17) is 20.6 Å². The minimum absolute atomic E-state index is 0.225. The zero-order valence-corrected chi connectivity index (χ0v) is 19.3. The molecule has 3 N–H and O–H groups in total. The maximum Gasteiger partial charge on any atom is 0.196 e. The van der Waals surface area contributed by atoms with E-state index in [1.165, 1.54) is 38.0 Å². The summed E-state index contributed by atoms with van der Waals surface area (Å²) < 4.78 is 12.2. The van der Waals surface area contributed by atoms with Gasteiger partial charge in [-0.2, -0.15) is 0 Å².